The maximum Gasteiger partial charge on any atom is 0.238 e. The van der Waals surface area contributed by atoms with Crippen LogP contribution in [0.25, 0.3) is 0 Å². The van der Waals surface area contributed by atoms with Gasteiger partial charge >= 0.3 is 0 Å². The van der Waals surface area contributed by atoms with Gasteiger partial charge in [0.2, 0.25) is 5.91 Å². The van der Waals surface area contributed by atoms with E-state index in [0.717, 1.165) is 28.1 Å². The Morgan fingerprint density at radius 3 is 2.29 bits per heavy atom. The number of para-hydroxylation sites is 1. The molecule has 0 spiro atoms. The molecule has 4 heteroatoms. The quantitative estimate of drug-likeness (QED) is 0.842. The van der Waals surface area contributed by atoms with E-state index in [0.29, 0.717) is 19.7 Å². The molecule has 0 atom stereocenters. The molecule has 0 unspecified atom stereocenters. The van der Waals surface area contributed by atoms with E-state index in [1.165, 1.54) is 0 Å². The third-order valence-electron chi connectivity index (χ3n) is 3.85. The first-order valence-corrected chi connectivity index (χ1v) is 8.26. The van der Waals surface area contributed by atoms with Crippen LogP contribution in [0.15, 0.2) is 42.5 Å². The van der Waals surface area contributed by atoms with Crippen LogP contribution in [-0.2, 0) is 11.3 Å². The number of rotatable bonds is 7. The van der Waals surface area contributed by atoms with Gasteiger partial charge in [0, 0.05) is 12.2 Å². The molecule has 0 aliphatic heterocycles. The molecule has 2 aromatic rings. The number of nitrogens with one attached hydrogen (secondary N) is 1. The predicted molar refractivity (Wildman–Crippen MR) is 98.5 cm³/mol. The number of carbonyl (C=O) groups excluding carboxylic acids is 1. The summed E-state index contributed by atoms with van der Waals surface area (Å²) in [6, 6.07) is 14.0. The van der Waals surface area contributed by atoms with Gasteiger partial charge in [-0.2, -0.15) is 0 Å². The lowest BCUT2D eigenvalue weighted by Crippen LogP contribution is -2.30. The number of amides is 1. The molecule has 0 saturated carbocycles. The summed E-state index contributed by atoms with van der Waals surface area (Å²) in [5, 5.41) is 3.02. The van der Waals surface area contributed by atoms with Crippen LogP contribution >= 0.6 is 0 Å². The van der Waals surface area contributed by atoms with Crippen molar-refractivity contribution in [3.63, 3.8) is 0 Å². The number of benzene rings is 2. The van der Waals surface area contributed by atoms with E-state index in [-0.39, 0.29) is 5.91 Å². The highest BCUT2D eigenvalue weighted by Gasteiger charge is 2.10. The van der Waals surface area contributed by atoms with E-state index >= 15 is 0 Å². The Morgan fingerprint density at radius 1 is 1.08 bits per heavy atom. The molecule has 0 aliphatic carbocycles. The zero-order chi connectivity index (χ0) is 17.5. The van der Waals surface area contributed by atoms with Crippen LogP contribution in [-0.4, -0.2) is 31.0 Å². The van der Waals surface area contributed by atoms with Crippen LogP contribution in [0.1, 0.15) is 23.6 Å². The van der Waals surface area contributed by atoms with Crippen molar-refractivity contribution >= 4 is 11.6 Å². The molecule has 2 rings (SSSR count). The summed E-state index contributed by atoms with van der Waals surface area (Å²) in [6.45, 7) is 7.71. The summed E-state index contributed by atoms with van der Waals surface area (Å²) in [6.07, 6.45) is 0. The molecule has 2 aromatic carbocycles. The molecular formula is C20H26N2O2. The van der Waals surface area contributed by atoms with Crippen molar-refractivity contribution < 1.29 is 9.53 Å². The molecule has 24 heavy (non-hydrogen) atoms. The average molecular weight is 326 g/mol. The summed E-state index contributed by atoms with van der Waals surface area (Å²) >= 11 is 0. The van der Waals surface area contributed by atoms with E-state index in [4.69, 9.17) is 4.74 Å². The second kappa shape index (κ2) is 8.50. The van der Waals surface area contributed by atoms with Gasteiger partial charge in [0.05, 0.1) is 13.2 Å². The van der Waals surface area contributed by atoms with Gasteiger partial charge in [0.15, 0.2) is 0 Å². The van der Waals surface area contributed by atoms with E-state index < -0.39 is 0 Å². The van der Waals surface area contributed by atoms with E-state index in [2.05, 4.69) is 5.32 Å². The minimum Gasteiger partial charge on any atom is -0.494 e. The van der Waals surface area contributed by atoms with Gasteiger partial charge in [-0.05, 0) is 56.6 Å². The van der Waals surface area contributed by atoms with Gasteiger partial charge < -0.3 is 10.1 Å². The Labute approximate surface area is 144 Å². The molecule has 1 amide bonds. The predicted octanol–water partition coefficient (Wildman–Crippen LogP) is 3.77. The van der Waals surface area contributed by atoms with Crippen LogP contribution < -0.4 is 10.1 Å². The molecule has 0 saturated heterocycles. The number of ether oxygens (including phenoxy) is 1. The van der Waals surface area contributed by atoms with Crippen LogP contribution in [0.2, 0.25) is 0 Å². The Hall–Kier alpha value is -2.33. The van der Waals surface area contributed by atoms with Crippen LogP contribution in [0.4, 0.5) is 5.69 Å². The second-order valence-corrected chi connectivity index (χ2v) is 6.06. The first-order valence-electron chi connectivity index (χ1n) is 8.26. The third kappa shape index (κ3) is 5.10. The lowest BCUT2D eigenvalue weighted by molar-refractivity contribution is -0.117. The van der Waals surface area contributed by atoms with Crippen LogP contribution in [0.3, 0.4) is 0 Å². The number of hydrogen-bond acceptors (Lipinski definition) is 3. The van der Waals surface area contributed by atoms with Gasteiger partial charge in [-0.3, -0.25) is 9.69 Å². The SMILES string of the molecule is CCOc1ccc(CN(C)CC(=O)Nc2c(C)cccc2C)cc1. The number of hydrogen-bond donors (Lipinski definition) is 1. The van der Waals surface area contributed by atoms with E-state index in [1.807, 2.05) is 75.2 Å². The number of likely N-dealkylation sites (N-methyl/N-ethyl adjacent to an activating group) is 1. The molecule has 0 radical (unpaired) electrons. The minimum absolute atomic E-state index is 0.000775. The highest BCUT2D eigenvalue weighted by molar-refractivity contribution is 5.93. The Kier molecular flexibility index (Phi) is 6.38. The van der Waals surface area contributed by atoms with Gasteiger partial charge in [0.1, 0.15) is 5.75 Å². The van der Waals surface area contributed by atoms with Crippen molar-refractivity contribution in [1.82, 2.24) is 4.90 Å². The zero-order valence-electron chi connectivity index (χ0n) is 14.9. The van der Waals surface area contributed by atoms with Crippen LogP contribution in [0, 0.1) is 13.8 Å². The minimum atomic E-state index is 0.000775. The van der Waals surface area contributed by atoms with Crippen molar-refractivity contribution in [3.8, 4) is 5.75 Å². The fraction of sp³-hybridized carbons (Fsp3) is 0.350. The standard InChI is InChI=1S/C20H26N2O2/c1-5-24-18-11-9-17(10-12-18)13-22(4)14-19(23)21-20-15(2)7-6-8-16(20)3/h6-12H,5,13-14H2,1-4H3,(H,21,23). The van der Waals surface area contributed by atoms with Crippen molar-refractivity contribution in [2.45, 2.75) is 27.3 Å². The molecule has 0 heterocycles. The van der Waals surface area contributed by atoms with Crippen molar-refractivity contribution in [1.29, 1.82) is 0 Å². The Bertz CT molecular complexity index is 660. The highest BCUT2D eigenvalue weighted by Crippen LogP contribution is 2.19. The fourth-order valence-electron chi connectivity index (χ4n) is 2.66. The second-order valence-electron chi connectivity index (χ2n) is 6.06. The molecule has 0 aromatic heterocycles. The van der Waals surface area contributed by atoms with Crippen LogP contribution in [0.5, 0.6) is 5.75 Å². The molecule has 0 bridgehead atoms. The Morgan fingerprint density at radius 2 is 1.71 bits per heavy atom. The van der Waals surface area contributed by atoms with Crippen molar-refractivity contribution in [2.75, 3.05) is 25.5 Å². The molecule has 0 aliphatic rings. The lowest BCUT2D eigenvalue weighted by Gasteiger charge is -2.18. The monoisotopic (exact) mass is 326 g/mol. The van der Waals surface area contributed by atoms with Gasteiger partial charge in [0.25, 0.3) is 0 Å². The summed E-state index contributed by atoms with van der Waals surface area (Å²) in [4.78, 5) is 14.3. The fourth-order valence-corrected chi connectivity index (χ4v) is 2.66. The molecule has 4 nitrogen and oxygen atoms in total. The highest BCUT2D eigenvalue weighted by atomic mass is 16.5. The van der Waals surface area contributed by atoms with Gasteiger partial charge in [-0.15, -0.1) is 0 Å². The molecule has 128 valence electrons. The average Bonchev–Trinajstić information content (AvgIpc) is 2.53. The molecule has 1 N–H and O–H groups in total. The van der Waals surface area contributed by atoms with E-state index in [1.54, 1.807) is 0 Å². The summed E-state index contributed by atoms with van der Waals surface area (Å²) in [7, 11) is 1.95. The number of anilines is 1. The first-order chi connectivity index (χ1) is 11.5. The third-order valence-corrected chi connectivity index (χ3v) is 3.85. The van der Waals surface area contributed by atoms with E-state index in [9.17, 15) is 4.79 Å². The number of aryl methyl sites for hydroxylation is 2. The topological polar surface area (TPSA) is 41.6 Å². The normalized spacial score (nSPS) is 10.7. The smallest absolute Gasteiger partial charge is 0.238 e. The summed E-state index contributed by atoms with van der Waals surface area (Å²) in [5.41, 5.74) is 4.23. The molecule has 0 fully saturated rings. The Balaban J connectivity index is 1.89. The lowest BCUT2D eigenvalue weighted by atomic mass is 10.1. The summed E-state index contributed by atoms with van der Waals surface area (Å²) in [5.74, 6) is 0.873. The number of carbonyl (C=O) groups is 1. The van der Waals surface area contributed by atoms with Crippen molar-refractivity contribution in [3.05, 3.63) is 59.2 Å². The maximum absolute atomic E-state index is 12.3. The largest absolute Gasteiger partial charge is 0.494 e. The molecular weight excluding hydrogens is 300 g/mol. The zero-order valence-corrected chi connectivity index (χ0v) is 14.9. The van der Waals surface area contributed by atoms with Gasteiger partial charge in [-0.1, -0.05) is 30.3 Å². The number of nitrogens with zero attached hydrogens (tertiary/aromatic N) is 1. The van der Waals surface area contributed by atoms with Crippen molar-refractivity contribution in [2.24, 2.45) is 0 Å². The first kappa shape index (κ1) is 18.0. The van der Waals surface area contributed by atoms with Gasteiger partial charge in [-0.25, -0.2) is 0 Å². The maximum atomic E-state index is 12.3. The summed E-state index contributed by atoms with van der Waals surface area (Å²) < 4.78 is 5.44.